The molecule has 0 bridgehead atoms. The second-order valence-electron chi connectivity index (χ2n) is 6.14. The first-order valence-electron chi connectivity index (χ1n) is 7.03. The van der Waals surface area contributed by atoms with Gasteiger partial charge in [-0.05, 0) is 27.7 Å². The topological polar surface area (TPSA) is 88.4 Å². The van der Waals surface area contributed by atoms with Crippen molar-refractivity contribution in [1.29, 1.82) is 0 Å². The lowest BCUT2D eigenvalue weighted by molar-refractivity contribution is -0.135. The molecule has 0 aromatic rings. The monoisotopic (exact) mass is 312 g/mol. The normalized spacial score (nSPS) is 17.5. The van der Waals surface area contributed by atoms with E-state index < -0.39 is 17.7 Å². The van der Waals surface area contributed by atoms with Crippen LogP contribution in [0.25, 0.3) is 0 Å². The number of hydrogen-bond acceptors (Lipinski definition) is 6. The Labute approximate surface area is 130 Å². The molecular weight excluding hydrogens is 288 g/mol. The van der Waals surface area contributed by atoms with Gasteiger partial charge in [0.15, 0.2) is 0 Å². The van der Waals surface area contributed by atoms with Crippen molar-refractivity contribution in [3.8, 4) is 0 Å². The van der Waals surface area contributed by atoms with Crippen molar-refractivity contribution in [2.45, 2.75) is 33.3 Å². The summed E-state index contributed by atoms with van der Waals surface area (Å²) in [5.74, 6) is -1.07. The SMILES string of the molecule is CN=C(C)C(C(=O)OC)=C(O)C1CN(C(=O)OC(C)(C)C)C1. The van der Waals surface area contributed by atoms with E-state index in [0.717, 1.165) is 0 Å². The smallest absolute Gasteiger partial charge is 0.410 e. The third kappa shape index (κ3) is 4.22. The van der Waals surface area contributed by atoms with Crippen LogP contribution in [-0.2, 0) is 14.3 Å². The second kappa shape index (κ2) is 6.81. The van der Waals surface area contributed by atoms with E-state index >= 15 is 0 Å². The van der Waals surface area contributed by atoms with Crippen LogP contribution in [0.4, 0.5) is 4.79 Å². The van der Waals surface area contributed by atoms with Gasteiger partial charge in [0.25, 0.3) is 0 Å². The lowest BCUT2D eigenvalue weighted by atomic mass is 9.93. The van der Waals surface area contributed by atoms with Gasteiger partial charge in [-0.3, -0.25) is 4.99 Å². The molecule has 0 aromatic carbocycles. The van der Waals surface area contributed by atoms with Crippen LogP contribution in [0.5, 0.6) is 0 Å². The molecule has 124 valence electrons. The van der Waals surface area contributed by atoms with Crippen LogP contribution in [0.15, 0.2) is 16.3 Å². The van der Waals surface area contributed by atoms with E-state index in [-0.39, 0.29) is 30.3 Å². The Balaban J connectivity index is 2.80. The van der Waals surface area contributed by atoms with Crippen LogP contribution < -0.4 is 0 Å². The highest BCUT2D eigenvalue weighted by molar-refractivity contribution is 6.19. The van der Waals surface area contributed by atoms with Crippen molar-refractivity contribution < 1.29 is 24.2 Å². The van der Waals surface area contributed by atoms with Gasteiger partial charge in [0.05, 0.1) is 13.0 Å². The Kier molecular flexibility index (Phi) is 5.57. The van der Waals surface area contributed by atoms with Crippen molar-refractivity contribution in [3.05, 3.63) is 11.3 Å². The molecule has 1 aliphatic heterocycles. The number of carbonyl (C=O) groups excluding carboxylic acids is 2. The minimum absolute atomic E-state index is 0.0545. The minimum atomic E-state index is -0.642. The van der Waals surface area contributed by atoms with Crippen LogP contribution in [0.1, 0.15) is 27.7 Å². The first-order chi connectivity index (χ1) is 10.1. The van der Waals surface area contributed by atoms with Gasteiger partial charge < -0.3 is 19.5 Å². The average Bonchev–Trinajstić information content (AvgIpc) is 2.34. The average molecular weight is 312 g/mol. The number of ether oxygens (including phenoxy) is 2. The van der Waals surface area contributed by atoms with E-state index in [1.54, 1.807) is 27.7 Å². The molecule has 0 spiro atoms. The summed E-state index contributed by atoms with van der Waals surface area (Å²) in [5, 5.41) is 10.3. The number of nitrogens with zero attached hydrogens (tertiary/aromatic N) is 2. The van der Waals surface area contributed by atoms with Crippen molar-refractivity contribution in [2.24, 2.45) is 10.9 Å². The Bertz CT molecular complexity index is 511. The van der Waals surface area contributed by atoms with E-state index in [2.05, 4.69) is 9.73 Å². The van der Waals surface area contributed by atoms with Crippen molar-refractivity contribution >= 4 is 17.8 Å². The van der Waals surface area contributed by atoms with E-state index in [4.69, 9.17) is 4.74 Å². The summed E-state index contributed by atoms with van der Waals surface area (Å²) >= 11 is 0. The van der Waals surface area contributed by atoms with Gasteiger partial charge in [0.2, 0.25) is 0 Å². The van der Waals surface area contributed by atoms with Crippen molar-refractivity contribution in [1.82, 2.24) is 4.90 Å². The predicted molar refractivity (Wildman–Crippen MR) is 82.0 cm³/mol. The number of aliphatic imine (C=N–C) groups is 1. The molecule has 1 saturated heterocycles. The zero-order valence-electron chi connectivity index (χ0n) is 14.0. The summed E-state index contributed by atoms with van der Waals surface area (Å²) in [7, 11) is 2.77. The standard InChI is InChI=1S/C15H24N2O5/c1-9(16-5)11(13(19)21-6)12(18)10-7-17(8-10)14(20)22-15(2,3)4/h10,18H,7-8H2,1-6H3. The summed E-state index contributed by atoms with van der Waals surface area (Å²) in [6.07, 6.45) is -0.433. The third-order valence-corrected chi connectivity index (χ3v) is 3.26. The fourth-order valence-electron chi connectivity index (χ4n) is 1.98. The Morgan fingerprint density at radius 3 is 2.23 bits per heavy atom. The molecule has 1 heterocycles. The maximum Gasteiger partial charge on any atom is 0.410 e. The van der Waals surface area contributed by atoms with Gasteiger partial charge in [-0.25, -0.2) is 9.59 Å². The van der Waals surface area contributed by atoms with Crippen LogP contribution >= 0.6 is 0 Å². The summed E-state index contributed by atoms with van der Waals surface area (Å²) < 4.78 is 9.91. The zero-order chi connectivity index (χ0) is 17.1. The Morgan fingerprint density at radius 1 is 1.27 bits per heavy atom. The third-order valence-electron chi connectivity index (χ3n) is 3.26. The highest BCUT2D eigenvalue weighted by Gasteiger charge is 2.38. The summed E-state index contributed by atoms with van der Waals surface area (Å²) in [6, 6.07) is 0. The largest absolute Gasteiger partial charge is 0.511 e. The Hall–Kier alpha value is -2.05. The van der Waals surface area contributed by atoms with Gasteiger partial charge in [-0.1, -0.05) is 0 Å². The quantitative estimate of drug-likeness (QED) is 0.372. The van der Waals surface area contributed by atoms with E-state index in [1.165, 1.54) is 19.1 Å². The van der Waals surface area contributed by atoms with E-state index in [0.29, 0.717) is 5.71 Å². The molecule has 22 heavy (non-hydrogen) atoms. The number of hydrogen-bond donors (Lipinski definition) is 1. The summed E-state index contributed by atoms with van der Waals surface area (Å²) in [6.45, 7) is 7.56. The number of aliphatic hydroxyl groups is 1. The van der Waals surface area contributed by atoms with Gasteiger partial charge in [-0.2, -0.15) is 0 Å². The molecule has 1 N–H and O–H groups in total. The summed E-state index contributed by atoms with van der Waals surface area (Å²) in [4.78, 5) is 29.0. The van der Waals surface area contributed by atoms with Crippen LogP contribution in [0.2, 0.25) is 0 Å². The molecule has 1 fully saturated rings. The van der Waals surface area contributed by atoms with Crippen LogP contribution in [0.3, 0.4) is 0 Å². The highest BCUT2D eigenvalue weighted by atomic mass is 16.6. The molecule has 0 aromatic heterocycles. The van der Waals surface area contributed by atoms with Gasteiger partial charge in [-0.15, -0.1) is 0 Å². The molecule has 7 nitrogen and oxygen atoms in total. The first-order valence-corrected chi connectivity index (χ1v) is 7.03. The Morgan fingerprint density at radius 2 is 1.82 bits per heavy atom. The molecule has 0 saturated carbocycles. The number of esters is 1. The van der Waals surface area contributed by atoms with Crippen LogP contribution in [-0.4, -0.2) is 60.6 Å². The fourth-order valence-corrected chi connectivity index (χ4v) is 1.98. The molecule has 0 aliphatic carbocycles. The summed E-state index contributed by atoms with van der Waals surface area (Å²) in [5.41, 5.74) is -0.123. The minimum Gasteiger partial charge on any atom is -0.511 e. The van der Waals surface area contributed by atoms with Crippen molar-refractivity contribution in [2.75, 3.05) is 27.2 Å². The van der Waals surface area contributed by atoms with Crippen LogP contribution in [0, 0.1) is 5.92 Å². The number of carbonyl (C=O) groups is 2. The molecule has 1 aliphatic rings. The van der Waals surface area contributed by atoms with Gasteiger partial charge in [0.1, 0.15) is 16.9 Å². The van der Waals surface area contributed by atoms with Crippen molar-refractivity contribution in [3.63, 3.8) is 0 Å². The fraction of sp³-hybridized carbons (Fsp3) is 0.667. The second-order valence-corrected chi connectivity index (χ2v) is 6.14. The van der Waals surface area contributed by atoms with E-state index in [1.807, 2.05) is 0 Å². The number of methoxy groups -OCH3 is 1. The molecule has 0 radical (unpaired) electrons. The molecule has 1 amide bonds. The lowest BCUT2D eigenvalue weighted by Crippen LogP contribution is -2.52. The number of aliphatic hydroxyl groups excluding tert-OH is 1. The maximum atomic E-state index is 11.8. The maximum absolute atomic E-state index is 11.8. The number of likely N-dealkylation sites (tertiary alicyclic amines) is 1. The van der Waals surface area contributed by atoms with E-state index in [9.17, 15) is 14.7 Å². The molecule has 0 unspecified atom stereocenters. The first kappa shape index (κ1) is 18.0. The number of amides is 1. The van der Waals surface area contributed by atoms with Gasteiger partial charge in [0, 0.05) is 25.8 Å². The molecule has 1 rings (SSSR count). The molecule has 7 heteroatoms. The number of rotatable bonds is 3. The molecular formula is C15H24N2O5. The highest BCUT2D eigenvalue weighted by Crippen LogP contribution is 2.27. The molecule has 0 atom stereocenters. The zero-order valence-corrected chi connectivity index (χ0v) is 14.0. The van der Waals surface area contributed by atoms with Gasteiger partial charge >= 0.3 is 12.1 Å². The lowest BCUT2D eigenvalue weighted by Gasteiger charge is -2.39. The predicted octanol–water partition coefficient (Wildman–Crippen LogP) is 1.93.